The van der Waals surface area contributed by atoms with Gasteiger partial charge in [-0.05, 0) is 54.9 Å². The lowest BCUT2D eigenvalue weighted by Crippen LogP contribution is -2.45. The maximum absolute atomic E-state index is 12.7. The summed E-state index contributed by atoms with van der Waals surface area (Å²) in [5.41, 5.74) is 2.65. The molecule has 0 aliphatic carbocycles. The molecule has 4 rings (SSSR count). The summed E-state index contributed by atoms with van der Waals surface area (Å²) in [6.45, 7) is 4.48. The van der Waals surface area contributed by atoms with Crippen molar-refractivity contribution < 1.29 is 4.79 Å². The Morgan fingerprint density at radius 1 is 1.08 bits per heavy atom. The minimum Gasteiger partial charge on any atom is -0.336 e. The molecule has 1 fully saturated rings. The Hall–Kier alpha value is -1.85. The third kappa shape index (κ3) is 3.72. The highest BCUT2D eigenvalue weighted by atomic mass is 32.1. The van der Waals surface area contributed by atoms with Gasteiger partial charge in [0.15, 0.2) is 0 Å². The first-order valence-corrected chi connectivity index (χ1v) is 10.1. The molecule has 3 heterocycles. The zero-order valence-corrected chi connectivity index (χ0v) is 15.3. The van der Waals surface area contributed by atoms with Crippen LogP contribution in [0.1, 0.15) is 34.9 Å². The highest BCUT2D eigenvalue weighted by Gasteiger charge is 2.26. The smallest absolute Gasteiger partial charge is 0.317 e. The van der Waals surface area contributed by atoms with Gasteiger partial charge in [0.2, 0.25) is 0 Å². The molecule has 1 saturated heterocycles. The highest BCUT2D eigenvalue weighted by Crippen LogP contribution is 2.28. The average molecular weight is 356 g/mol. The van der Waals surface area contributed by atoms with Gasteiger partial charge < -0.3 is 10.2 Å². The van der Waals surface area contributed by atoms with Gasteiger partial charge in [0, 0.05) is 24.5 Å². The summed E-state index contributed by atoms with van der Waals surface area (Å²) in [5, 5.41) is 5.33. The molecule has 2 aromatic rings. The maximum atomic E-state index is 12.7. The van der Waals surface area contributed by atoms with Gasteiger partial charge in [-0.1, -0.05) is 30.3 Å². The first-order valence-electron chi connectivity index (χ1n) is 9.18. The second-order valence-electron chi connectivity index (χ2n) is 6.90. The number of nitrogens with zero attached hydrogens (tertiary/aromatic N) is 2. The second-order valence-corrected chi connectivity index (χ2v) is 7.88. The van der Waals surface area contributed by atoms with E-state index in [0.29, 0.717) is 12.6 Å². The van der Waals surface area contributed by atoms with Crippen molar-refractivity contribution in [1.29, 1.82) is 0 Å². The fourth-order valence-corrected chi connectivity index (χ4v) is 4.77. The number of amides is 2. The van der Waals surface area contributed by atoms with Crippen molar-refractivity contribution in [1.82, 2.24) is 15.1 Å². The van der Waals surface area contributed by atoms with Gasteiger partial charge >= 0.3 is 6.03 Å². The van der Waals surface area contributed by atoms with E-state index in [2.05, 4.69) is 52.0 Å². The van der Waals surface area contributed by atoms with Crippen LogP contribution in [-0.2, 0) is 13.0 Å². The summed E-state index contributed by atoms with van der Waals surface area (Å²) in [6.07, 6.45) is 3.47. The quantitative estimate of drug-likeness (QED) is 0.909. The van der Waals surface area contributed by atoms with Crippen LogP contribution in [0.4, 0.5) is 4.79 Å². The monoisotopic (exact) mass is 355 g/mol. The number of thiophene rings is 1. The van der Waals surface area contributed by atoms with Crippen molar-refractivity contribution in [2.45, 2.75) is 31.8 Å². The molecule has 1 aromatic carbocycles. The Morgan fingerprint density at radius 3 is 2.64 bits per heavy atom. The van der Waals surface area contributed by atoms with Crippen LogP contribution in [0.5, 0.6) is 0 Å². The lowest BCUT2D eigenvalue weighted by atomic mass is 10.0. The SMILES string of the molecule is O=C(NCC(c1cccs1)N1CCCC1)N1CCc2ccccc2C1. The second kappa shape index (κ2) is 7.58. The van der Waals surface area contributed by atoms with Crippen molar-refractivity contribution in [2.75, 3.05) is 26.2 Å². The molecule has 1 unspecified atom stereocenters. The van der Waals surface area contributed by atoms with Crippen molar-refractivity contribution in [2.24, 2.45) is 0 Å². The van der Waals surface area contributed by atoms with E-state index < -0.39 is 0 Å². The number of carbonyl (C=O) groups excluding carboxylic acids is 1. The van der Waals surface area contributed by atoms with Gasteiger partial charge in [0.05, 0.1) is 6.04 Å². The van der Waals surface area contributed by atoms with Crippen LogP contribution in [0.2, 0.25) is 0 Å². The van der Waals surface area contributed by atoms with Gasteiger partial charge in [0.25, 0.3) is 0 Å². The highest BCUT2D eigenvalue weighted by molar-refractivity contribution is 7.10. The van der Waals surface area contributed by atoms with Gasteiger partial charge in [0.1, 0.15) is 0 Å². The molecule has 0 spiro atoms. The van der Waals surface area contributed by atoms with Crippen molar-refractivity contribution in [3.8, 4) is 0 Å². The van der Waals surface area contributed by atoms with E-state index in [0.717, 1.165) is 32.6 Å². The predicted octanol–water partition coefficient (Wildman–Crippen LogP) is 3.65. The summed E-state index contributed by atoms with van der Waals surface area (Å²) < 4.78 is 0. The number of rotatable bonds is 4. The lowest BCUT2D eigenvalue weighted by molar-refractivity contribution is 0.183. The van der Waals surface area contributed by atoms with Crippen LogP contribution >= 0.6 is 11.3 Å². The van der Waals surface area contributed by atoms with Crippen molar-refractivity contribution >= 4 is 17.4 Å². The Labute approximate surface area is 153 Å². The molecule has 1 atom stereocenters. The molecule has 132 valence electrons. The summed E-state index contributed by atoms with van der Waals surface area (Å²) in [7, 11) is 0. The fourth-order valence-electron chi connectivity index (χ4n) is 3.91. The van der Waals surface area contributed by atoms with Gasteiger partial charge in [-0.3, -0.25) is 4.90 Å². The molecule has 1 N–H and O–H groups in total. The number of likely N-dealkylation sites (tertiary alicyclic amines) is 1. The van der Waals surface area contributed by atoms with Crippen LogP contribution in [0.3, 0.4) is 0 Å². The lowest BCUT2D eigenvalue weighted by Gasteiger charge is -2.31. The number of fused-ring (bicyclic) bond motifs is 1. The summed E-state index contributed by atoms with van der Waals surface area (Å²) >= 11 is 1.79. The zero-order chi connectivity index (χ0) is 17.1. The van der Waals surface area contributed by atoms with E-state index >= 15 is 0 Å². The van der Waals surface area contributed by atoms with Crippen LogP contribution in [-0.4, -0.2) is 42.0 Å². The molecule has 0 bridgehead atoms. The fraction of sp³-hybridized carbons (Fsp3) is 0.450. The van der Waals surface area contributed by atoms with Crippen molar-refractivity contribution in [3.05, 3.63) is 57.8 Å². The number of hydrogen-bond donors (Lipinski definition) is 1. The van der Waals surface area contributed by atoms with Crippen LogP contribution < -0.4 is 5.32 Å². The molecular weight excluding hydrogens is 330 g/mol. The molecule has 2 aliphatic rings. The number of carbonyl (C=O) groups is 1. The third-order valence-electron chi connectivity index (χ3n) is 5.32. The molecule has 2 aliphatic heterocycles. The zero-order valence-electron chi connectivity index (χ0n) is 14.5. The number of benzene rings is 1. The Morgan fingerprint density at radius 2 is 1.88 bits per heavy atom. The molecule has 1 aromatic heterocycles. The van der Waals surface area contributed by atoms with E-state index in [1.807, 2.05) is 4.90 Å². The largest absolute Gasteiger partial charge is 0.336 e. The third-order valence-corrected chi connectivity index (χ3v) is 6.29. The first kappa shape index (κ1) is 16.6. The number of hydrogen-bond acceptors (Lipinski definition) is 3. The van der Waals surface area contributed by atoms with Crippen LogP contribution in [0, 0.1) is 0 Å². The van der Waals surface area contributed by atoms with E-state index in [4.69, 9.17) is 0 Å². The van der Waals surface area contributed by atoms with E-state index in [1.54, 1.807) is 11.3 Å². The predicted molar refractivity (Wildman–Crippen MR) is 102 cm³/mol. The maximum Gasteiger partial charge on any atom is 0.317 e. The van der Waals surface area contributed by atoms with Gasteiger partial charge in [-0.15, -0.1) is 11.3 Å². The van der Waals surface area contributed by atoms with Crippen LogP contribution in [0.25, 0.3) is 0 Å². The molecule has 4 nitrogen and oxygen atoms in total. The number of nitrogens with one attached hydrogen (secondary N) is 1. The molecule has 25 heavy (non-hydrogen) atoms. The Kier molecular flexibility index (Phi) is 5.04. The van der Waals surface area contributed by atoms with Gasteiger partial charge in [-0.2, -0.15) is 0 Å². The molecular formula is C20H25N3OS. The summed E-state index contributed by atoms with van der Waals surface area (Å²) in [5.74, 6) is 0. The van der Waals surface area contributed by atoms with Crippen LogP contribution in [0.15, 0.2) is 41.8 Å². The Bertz CT molecular complexity index is 709. The van der Waals surface area contributed by atoms with Crippen molar-refractivity contribution in [3.63, 3.8) is 0 Å². The topological polar surface area (TPSA) is 35.6 Å². The van der Waals surface area contributed by atoms with Gasteiger partial charge in [-0.25, -0.2) is 4.79 Å². The summed E-state index contributed by atoms with van der Waals surface area (Å²) in [4.78, 5) is 18.5. The average Bonchev–Trinajstić information content (AvgIpc) is 3.36. The summed E-state index contributed by atoms with van der Waals surface area (Å²) in [6, 6.07) is 13.1. The van der Waals surface area contributed by atoms with E-state index in [-0.39, 0.29) is 6.03 Å². The van der Waals surface area contributed by atoms with E-state index in [9.17, 15) is 4.79 Å². The van der Waals surface area contributed by atoms with E-state index in [1.165, 1.54) is 28.8 Å². The molecule has 0 saturated carbocycles. The normalized spacial score (nSPS) is 18.8. The molecule has 2 amide bonds. The number of urea groups is 1. The molecule has 5 heteroatoms. The minimum atomic E-state index is 0.0651. The minimum absolute atomic E-state index is 0.0651. The molecule has 0 radical (unpaired) electrons. The standard InChI is InChI=1S/C20H25N3OS/c24-20(23-12-9-16-6-1-2-7-17(16)15-23)21-14-18(19-8-5-13-25-19)22-10-3-4-11-22/h1-2,5-8,13,18H,3-4,9-12,14-15H2,(H,21,24). The first-order chi connectivity index (χ1) is 12.3. The Balaban J connectivity index is 1.38.